The van der Waals surface area contributed by atoms with E-state index in [1.807, 2.05) is 6.07 Å². The molecule has 0 atom stereocenters. The van der Waals surface area contributed by atoms with Crippen molar-refractivity contribution in [2.45, 2.75) is 38.1 Å². The van der Waals surface area contributed by atoms with Crippen LogP contribution >= 0.6 is 11.6 Å². The molecule has 1 aliphatic rings. The van der Waals surface area contributed by atoms with Gasteiger partial charge in [0, 0.05) is 18.2 Å². The highest BCUT2D eigenvalue weighted by Gasteiger charge is 2.16. The van der Waals surface area contributed by atoms with Gasteiger partial charge in [-0.15, -0.1) is 0 Å². The van der Waals surface area contributed by atoms with Crippen LogP contribution in [0.3, 0.4) is 0 Å². The predicted octanol–water partition coefficient (Wildman–Crippen LogP) is 4.10. The molecule has 0 unspecified atom stereocenters. The van der Waals surface area contributed by atoms with Crippen molar-refractivity contribution in [3.63, 3.8) is 0 Å². The predicted molar refractivity (Wildman–Crippen MR) is 75.1 cm³/mol. The van der Waals surface area contributed by atoms with E-state index in [4.69, 9.17) is 21.1 Å². The van der Waals surface area contributed by atoms with Crippen molar-refractivity contribution in [3.05, 3.63) is 17.2 Å². The van der Waals surface area contributed by atoms with E-state index in [0.29, 0.717) is 16.8 Å². The number of hydrogen-bond acceptors (Lipinski definition) is 3. The van der Waals surface area contributed by atoms with Gasteiger partial charge in [0.05, 0.1) is 24.9 Å². The highest BCUT2D eigenvalue weighted by Crippen LogP contribution is 2.37. The Kier molecular flexibility index (Phi) is 4.59. The molecule has 0 heterocycles. The minimum absolute atomic E-state index is 0.526. The zero-order valence-corrected chi connectivity index (χ0v) is 11.7. The number of methoxy groups -OCH3 is 2. The SMILES string of the molecule is COc1cc(NC2CCCCC2)c(OC)cc1Cl. The van der Waals surface area contributed by atoms with Crippen LogP contribution in [0.25, 0.3) is 0 Å². The summed E-state index contributed by atoms with van der Waals surface area (Å²) < 4.78 is 10.6. The lowest BCUT2D eigenvalue weighted by Gasteiger charge is -2.25. The summed E-state index contributed by atoms with van der Waals surface area (Å²) in [4.78, 5) is 0. The third-order valence-corrected chi connectivity index (χ3v) is 3.73. The van der Waals surface area contributed by atoms with Crippen molar-refractivity contribution in [3.8, 4) is 11.5 Å². The van der Waals surface area contributed by atoms with Gasteiger partial charge in [-0.2, -0.15) is 0 Å². The standard InChI is InChI=1S/C14H20ClNO2/c1-17-13-9-12(14(18-2)8-11(13)15)16-10-6-4-3-5-7-10/h8-10,16H,3-7H2,1-2H3. The Bertz CT molecular complexity index is 403. The summed E-state index contributed by atoms with van der Waals surface area (Å²) in [6.07, 6.45) is 6.37. The molecule has 0 spiro atoms. The van der Waals surface area contributed by atoms with Crippen LogP contribution in [0.15, 0.2) is 12.1 Å². The molecule has 100 valence electrons. The van der Waals surface area contributed by atoms with E-state index in [1.165, 1.54) is 32.1 Å². The van der Waals surface area contributed by atoms with Crippen LogP contribution in [0.4, 0.5) is 5.69 Å². The Hall–Kier alpha value is -1.09. The molecule has 1 N–H and O–H groups in total. The van der Waals surface area contributed by atoms with E-state index in [-0.39, 0.29) is 0 Å². The van der Waals surface area contributed by atoms with Gasteiger partial charge in [-0.25, -0.2) is 0 Å². The zero-order valence-electron chi connectivity index (χ0n) is 11.0. The molecule has 1 aromatic rings. The number of halogens is 1. The quantitative estimate of drug-likeness (QED) is 0.893. The van der Waals surface area contributed by atoms with Gasteiger partial charge >= 0.3 is 0 Å². The van der Waals surface area contributed by atoms with Gasteiger partial charge in [0.25, 0.3) is 0 Å². The number of nitrogens with one attached hydrogen (secondary N) is 1. The van der Waals surface area contributed by atoms with Gasteiger partial charge in [-0.3, -0.25) is 0 Å². The first-order chi connectivity index (χ1) is 8.74. The number of anilines is 1. The zero-order chi connectivity index (χ0) is 13.0. The van der Waals surface area contributed by atoms with E-state index in [0.717, 1.165) is 11.4 Å². The van der Waals surface area contributed by atoms with Crippen molar-refractivity contribution < 1.29 is 9.47 Å². The van der Waals surface area contributed by atoms with Gasteiger partial charge in [0.2, 0.25) is 0 Å². The number of ether oxygens (including phenoxy) is 2. The number of benzene rings is 1. The molecular weight excluding hydrogens is 250 g/mol. The van der Waals surface area contributed by atoms with Crippen molar-refractivity contribution in [2.24, 2.45) is 0 Å². The third-order valence-electron chi connectivity index (χ3n) is 3.44. The van der Waals surface area contributed by atoms with Gasteiger partial charge in [0.15, 0.2) is 0 Å². The van der Waals surface area contributed by atoms with E-state index in [9.17, 15) is 0 Å². The van der Waals surface area contributed by atoms with Gasteiger partial charge in [-0.1, -0.05) is 30.9 Å². The van der Waals surface area contributed by atoms with Gasteiger partial charge < -0.3 is 14.8 Å². The average Bonchev–Trinajstić information content (AvgIpc) is 2.41. The summed E-state index contributed by atoms with van der Waals surface area (Å²) in [5.74, 6) is 1.45. The Balaban J connectivity index is 2.18. The van der Waals surface area contributed by atoms with Crippen molar-refractivity contribution >= 4 is 17.3 Å². The first kappa shape index (κ1) is 13.3. The molecule has 1 saturated carbocycles. The molecule has 0 aliphatic heterocycles. The van der Waals surface area contributed by atoms with Gasteiger partial charge in [-0.05, 0) is 12.8 Å². The largest absolute Gasteiger partial charge is 0.495 e. The van der Waals surface area contributed by atoms with Crippen molar-refractivity contribution in [2.75, 3.05) is 19.5 Å². The van der Waals surface area contributed by atoms with Gasteiger partial charge in [0.1, 0.15) is 11.5 Å². The molecule has 18 heavy (non-hydrogen) atoms. The smallest absolute Gasteiger partial charge is 0.143 e. The third kappa shape index (κ3) is 3.02. The normalized spacial score (nSPS) is 16.4. The lowest BCUT2D eigenvalue weighted by Crippen LogP contribution is -2.22. The minimum Gasteiger partial charge on any atom is -0.495 e. The van der Waals surface area contributed by atoms with E-state index in [1.54, 1.807) is 20.3 Å². The fourth-order valence-corrected chi connectivity index (χ4v) is 2.67. The molecule has 0 bridgehead atoms. The Morgan fingerprint density at radius 3 is 2.33 bits per heavy atom. The highest BCUT2D eigenvalue weighted by molar-refractivity contribution is 6.32. The van der Waals surface area contributed by atoms with Crippen LogP contribution in [0.1, 0.15) is 32.1 Å². The number of rotatable bonds is 4. The molecule has 4 heteroatoms. The molecule has 3 nitrogen and oxygen atoms in total. The Labute approximate surface area is 113 Å². The number of hydrogen-bond donors (Lipinski definition) is 1. The Morgan fingerprint density at radius 2 is 1.72 bits per heavy atom. The van der Waals surface area contributed by atoms with Crippen LogP contribution in [-0.4, -0.2) is 20.3 Å². The molecule has 2 rings (SSSR count). The molecule has 1 aromatic carbocycles. The lowest BCUT2D eigenvalue weighted by atomic mass is 9.95. The van der Waals surface area contributed by atoms with E-state index < -0.39 is 0 Å². The maximum Gasteiger partial charge on any atom is 0.143 e. The van der Waals surface area contributed by atoms with Crippen molar-refractivity contribution in [1.82, 2.24) is 0 Å². The van der Waals surface area contributed by atoms with Crippen LogP contribution in [0.2, 0.25) is 5.02 Å². The van der Waals surface area contributed by atoms with E-state index >= 15 is 0 Å². The summed E-state index contributed by atoms with van der Waals surface area (Å²) in [6, 6.07) is 4.24. The fraction of sp³-hybridized carbons (Fsp3) is 0.571. The second-order valence-corrected chi connectivity index (χ2v) is 5.07. The summed E-state index contributed by atoms with van der Waals surface area (Å²) in [5, 5.41) is 4.11. The second kappa shape index (κ2) is 6.19. The summed E-state index contributed by atoms with van der Waals surface area (Å²) in [7, 11) is 3.28. The first-order valence-corrected chi connectivity index (χ1v) is 6.80. The first-order valence-electron chi connectivity index (χ1n) is 6.42. The molecule has 0 amide bonds. The minimum atomic E-state index is 0.526. The summed E-state index contributed by atoms with van der Waals surface area (Å²) in [5.41, 5.74) is 0.964. The monoisotopic (exact) mass is 269 g/mol. The maximum atomic E-state index is 6.09. The molecule has 0 saturated heterocycles. The second-order valence-electron chi connectivity index (χ2n) is 4.67. The summed E-state index contributed by atoms with van der Waals surface area (Å²) in [6.45, 7) is 0. The molecule has 1 fully saturated rings. The molecule has 0 radical (unpaired) electrons. The maximum absolute atomic E-state index is 6.09. The van der Waals surface area contributed by atoms with Crippen LogP contribution in [0, 0.1) is 0 Å². The topological polar surface area (TPSA) is 30.5 Å². The molecular formula is C14H20ClNO2. The van der Waals surface area contributed by atoms with Crippen LogP contribution in [0.5, 0.6) is 11.5 Å². The van der Waals surface area contributed by atoms with E-state index in [2.05, 4.69) is 5.32 Å². The van der Waals surface area contributed by atoms with Crippen LogP contribution < -0.4 is 14.8 Å². The van der Waals surface area contributed by atoms with Crippen molar-refractivity contribution in [1.29, 1.82) is 0 Å². The lowest BCUT2D eigenvalue weighted by molar-refractivity contribution is 0.402. The van der Waals surface area contributed by atoms with Crippen LogP contribution in [-0.2, 0) is 0 Å². The fourth-order valence-electron chi connectivity index (χ4n) is 2.44. The average molecular weight is 270 g/mol. The highest BCUT2D eigenvalue weighted by atomic mass is 35.5. The summed E-state index contributed by atoms with van der Waals surface area (Å²) >= 11 is 6.09. The molecule has 1 aliphatic carbocycles. The molecule has 0 aromatic heterocycles. The Morgan fingerprint density at radius 1 is 1.06 bits per heavy atom.